The zero-order valence-electron chi connectivity index (χ0n) is 27.9. The number of ether oxygens (including phenoxy) is 1. The number of Topliss-reactive ketones (excluding diaryl/α,β-unsaturated/α-hetero) is 1. The van der Waals surface area contributed by atoms with Crippen LogP contribution in [0.1, 0.15) is 71.2 Å². The van der Waals surface area contributed by atoms with E-state index < -0.39 is 5.92 Å². The SMILES string of the molecule is C=CN=CNC(=C(C)C)C(CC(=C)/C=C\C(=C)C#CC1=CC=C(CN2CCOCC2)CC1)C(=O)c1ccccc1.CC.CC. The number of morpholine rings is 1. The van der Waals surface area contributed by atoms with Crippen LogP contribution in [-0.4, -0.2) is 49.9 Å². The zero-order chi connectivity index (χ0) is 32.7. The van der Waals surface area contributed by atoms with Gasteiger partial charge in [0.2, 0.25) is 0 Å². The van der Waals surface area contributed by atoms with Crippen molar-refractivity contribution in [1.29, 1.82) is 0 Å². The Morgan fingerprint density at radius 1 is 1.05 bits per heavy atom. The molecule has 1 aromatic carbocycles. The third kappa shape index (κ3) is 14.0. The van der Waals surface area contributed by atoms with Gasteiger partial charge in [0.1, 0.15) is 0 Å². The summed E-state index contributed by atoms with van der Waals surface area (Å²) in [5, 5.41) is 3.20. The minimum atomic E-state index is -0.439. The lowest BCUT2D eigenvalue weighted by atomic mass is 9.87. The second-order valence-electron chi connectivity index (χ2n) is 10.2. The van der Waals surface area contributed by atoms with Crippen LogP contribution in [0.5, 0.6) is 0 Å². The number of hydrogen-bond acceptors (Lipinski definition) is 4. The average molecular weight is 596 g/mol. The molecular weight excluding hydrogens is 542 g/mol. The molecule has 1 fully saturated rings. The Kier molecular flexibility index (Phi) is 19.5. The summed E-state index contributed by atoms with van der Waals surface area (Å²) in [7, 11) is 0. The first-order valence-corrected chi connectivity index (χ1v) is 15.8. The first kappa shape index (κ1) is 38.0. The van der Waals surface area contributed by atoms with Crippen LogP contribution in [0.4, 0.5) is 0 Å². The van der Waals surface area contributed by atoms with Gasteiger partial charge in [-0.2, -0.15) is 0 Å². The maximum atomic E-state index is 13.5. The summed E-state index contributed by atoms with van der Waals surface area (Å²) in [6.45, 7) is 28.6. The summed E-state index contributed by atoms with van der Waals surface area (Å²) in [4.78, 5) is 20.0. The number of nitrogens with zero attached hydrogens (tertiary/aromatic N) is 2. The molecule has 1 saturated heterocycles. The second kappa shape index (κ2) is 22.5. The molecule has 1 aliphatic heterocycles. The Morgan fingerprint density at radius 3 is 2.32 bits per heavy atom. The summed E-state index contributed by atoms with van der Waals surface area (Å²) in [5.74, 6) is 6.02. The highest BCUT2D eigenvalue weighted by atomic mass is 16.5. The number of ketones is 1. The number of carbonyl (C=O) groups excluding carboxylic acids is 1. The number of hydrogen-bond donors (Lipinski definition) is 1. The van der Waals surface area contributed by atoms with E-state index in [2.05, 4.69) is 58.9 Å². The van der Waals surface area contributed by atoms with Crippen LogP contribution in [0, 0.1) is 17.8 Å². The minimum Gasteiger partial charge on any atom is -0.379 e. The van der Waals surface area contributed by atoms with Gasteiger partial charge in [0.05, 0.1) is 25.5 Å². The first-order valence-electron chi connectivity index (χ1n) is 15.8. The van der Waals surface area contributed by atoms with Gasteiger partial charge in [0, 0.05) is 48.2 Å². The largest absolute Gasteiger partial charge is 0.379 e. The molecule has 3 rings (SSSR count). The second-order valence-corrected chi connectivity index (χ2v) is 10.2. The maximum absolute atomic E-state index is 13.5. The summed E-state index contributed by atoms with van der Waals surface area (Å²) < 4.78 is 5.44. The molecule has 1 heterocycles. The predicted octanol–water partition coefficient (Wildman–Crippen LogP) is 8.63. The molecule has 44 heavy (non-hydrogen) atoms. The normalized spacial score (nSPS) is 15.1. The van der Waals surface area contributed by atoms with E-state index in [1.54, 1.807) is 6.34 Å². The quantitative estimate of drug-likeness (QED) is 0.0864. The monoisotopic (exact) mass is 595 g/mol. The highest BCUT2D eigenvalue weighted by Crippen LogP contribution is 2.26. The zero-order valence-corrected chi connectivity index (χ0v) is 27.9. The van der Waals surface area contributed by atoms with E-state index in [0.717, 1.165) is 68.1 Å². The van der Waals surface area contributed by atoms with E-state index in [0.29, 0.717) is 17.6 Å². The molecule has 236 valence electrons. The van der Waals surface area contributed by atoms with Gasteiger partial charge in [0.25, 0.3) is 0 Å². The predicted molar refractivity (Wildman–Crippen MR) is 190 cm³/mol. The van der Waals surface area contributed by atoms with E-state index in [-0.39, 0.29) is 5.78 Å². The van der Waals surface area contributed by atoms with Crippen LogP contribution in [0.25, 0.3) is 0 Å². The third-order valence-electron chi connectivity index (χ3n) is 6.80. The lowest BCUT2D eigenvalue weighted by Gasteiger charge is -2.28. The van der Waals surface area contributed by atoms with Crippen molar-refractivity contribution in [2.24, 2.45) is 10.9 Å². The molecule has 1 N–H and O–H groups in total. The lowest BCUT2D eigenvalue weighted by molar-refractivity contribution is 0.0419. The Labute approximate surface area is 267 Å². The molecule has 1 aromatic rings. The van der Waals surface area contributed by atoms with E-state index in [4.69, 9.17) is 4.74 Å². The van der Waals surface area contributed by atoms with Crippen LogP contribution in [0.3, 0.4) is 0 Å². The Morgan fingerprint density at radius 2 is 1.73 bits per heavy atom. The fourth-order valence-corrected chi connectivity index (χ4v) is 4.60. The molecule has 1 atom stereocenters. The number of allylic oxidation sites excluding steroid dienone is 9. The standard InChI is InChI=1S/C35H41N3O2.2C2H6/c1-6-36-26-37-34(27(2)3)33(35(39)32-10-8-7-9-11-32)24-29(5)13-12-28(4)14-15-30-16-18-31(19-17-30)25-38-20-22-40-23-21-38;2*1-2/h6-13,16,18,26,33H,1,4-5,17,19-25H2,2-3H3,(H,36,37);2*1-2H3/b13-12-;;. The molecule has 5 nitrogen and oxygen atoms in total. The van der Waals surface area contributed by atoms with Crippen LogP contribution in [-0.2, 0) is 4.74 Å². The van der Waals surface area contributed by atoms with E-state index >= 15 is 0 Å². The van der Waals surface area contributed by atoms with Gasteiger partial charge < -0.3 is 10.1 Å². The van der Waals surface area contributed by atoms with Gasteiger partial charge in [-0.15, -0.1) is 0 Å². The molecule has 0 amide bonds. The smallest absolute Gasteiger partial charge is 0.172 e. The topological polar surface area (TPSA) is 53.9 Å². The van der Waals surface area contributed by atoms with Crippen molar-refractivity contribution in [3.8, 4) is 11.8 Å². The van der Waals surface area contributed by atoms with Gasteiger partial charge in [-0.3, -0.25) is 9.69 Å². The molecular formula is C39H53N3O2. The number of benzene rings is 1. The van der Waals surface area contributed by atoms with E-state index in [9.17, 15) is 4.79 Å². The highest BCUT2D eigenvalue weighted by Gasteiger charge is 2.25. The highest BCUT2D eigenvalue weighted by molar-refractivity contribution is 6.00. The molecule has 1 aliphatic carbocycles. The molecule has 0 bridgehead atoms. The van der Waals surface area contributed by atoms with Crippen LogP contribution >= 0.6 is 0 Å². The van der Waals surface area contributed by atoms with Crippen molar-refractivity contribution in [1.82, 2.24) is 10.2 Å². The molecule has 2 aliphatic rings. The summed E-state index contributed by atoms with van der Waals surface area (Å²) in [6.07, 6.45) is 13.5. The minimum absolute atomic E-state index is 0.0229. The van der Waals surface area contributed by atoms with Gasteiger partial charge in [0.15, 0.2) is 5.78 Å². The molecule has 0 radical (unpaired) electrons. The Balaban J connectivity index is 0.00000232. The van der Waals surface area contributed by atoms with Crippen LogP contribution in [0.2, 0.25) is 0 Å². The van der Waals surface area contributed by atoms with Crippen molar-refractivity contribution in [3.05, 3.63) is 120 Å². The Hall–Kier alpha value is -3.98. The van der Waals surface area contributed by atoms with Crippen molar-refractivity contribution >= 4 is 12.1 Å². The van der Waals surface area contributed by atoms with Crippen molar-refractivity contribution in [3.63, 3.8) is 0 Å². The summed E-state index contributed by atoms with van der Waals surface area (Å²) in [6, 6.07) is 9.33. The number of nitrogens with one attached hydrogen (secondary N) is 1. The van der Waals surface area contributed by atoms with E-state index in [1.165, 1.54) is 11.8 Å². The lowest BCUT2D eigenvalue weighted by Crippen LogP contribution is -2.37. The molecule has 5 heteroatoms. The van der Waals surface area contributed by atoms with Crippen LogP contribution < -0.4 is 5.32 Å². The summed E-state index contributed by atoms with van der Waals surface area (Å²) in [5.41, 5.74) is 6.54. The van der Waals surface area contributed by atoms with E-state index in [1.807, 2.05) is 84.0 Å². The molecule has 1 unspecified atom stereocenters. The van der Waals surface area contributed by atoms with Gasteiger partial charge in [-0.25, -0.2) is 4.99 Å². The Bertz CT molecular complexity index is 1290. The summed E-state index contributed by atoms with van der Waals surface area (Å²) >= 11 is 0. The molecule has 0 saturated carbocycles. The van der Waals surface area contributed by atoms with Crippen molar-refractivity contribution in [2.45, 2.75) is 60.8 Å². The molecule has 0 spiro atoms. The maximum Gasteiger partial charge on any atom is 0.172 e. The third-order valence-corrected chi connectivity index (χ3v) is 6.80. The average Bonchev–Trinajstić information content (AvgIpc) is 3.07. The fourth-order valence-electron chi connectivity index (χ4n) is 4.60. The fraction of sp³-hybridized carbons (Fsp3) is 0.385. The van der Waals surface area contributed by atoms with Gasteiger partial charge >= 0.3 is 0 Å². The first-order chi connectivity index (χ1) is 21.4. The number of aliphatic imine (C=N–C) groups is 1. The van der Waals surface area contributed by atoms with Crippen molar-refractivity contribution in [2.75, 3.05) is 32.8 Å². The van der Waals surface area contributed by atoms with Crippen LogP contribution in [0.15, 0.2) is 119 Å². The van der Waals surface area contributed by atoms with Crippen molar-refractivity contribution < 1.29 is 9.53 Å². The van der Waals surface area contributed by atoms with Gasteiger partial charge in [-0.05, 0) is 39.2 Å². The number of rotatable bonds is 12. The number of carbonyl (C=O) groups is 1. The van der Waals surface area contributed by atoms with Gasteiger partial charge in [-0.1, -0.05) is 125 Å². The molecule has 0 aromatic heterocycles.